The van der Waals surface area contributed by atoms with Gasteiger partial charge in [0, 0.05) is 0 Å². The molecule has 2 nitrogen and oxygen atoms in total. The van der Waals surface area contributed by atoms with Gasteiger partial charge in [0.05, 0.1) is 22.8 Å². The average Bonchev–Trinajstić information content (AvgIpc) is 3.29. The summed E-state index contributed by atoms with van der Waals surface area (Å²) in [5.41, 5.74) is 10.3. The van der Waals surface area contributed by atoms with Crippen molar-refractivity contribution in [3.63, 3.8) is 0 Å². The van der Waals surface area contributed by atoms with Gasteiger partial charge in [0.25, 0.3) is 0 Å². The number of unbranched alkanes of at least 4 members (excludes halogenated alkanes) is 32. The van der Waals surface area contributed by atoms with Crippen molar-refractivity contribution in [1.82, 2.24) is 0 Å². The molecule has 0 saturated heterocycles. The number of benzene rings is 2. The summed E-state index contributed by atoms with van der Waals surface area (Å²) in [6.07, 6.45) is 54.3. The third-order valence-corrected chi connectivity index (χ3v) is 13.6. The zero-order valence-corrected chi connectivity index (χ0v) is 42.6. The third-order valence-electron chi connectivity index (χ3n) is 13.6. The highest BCUT2D eigenvalue weighted by Gasteiger charge is 2.13. The number of aliphatic imine (C=N–C) groups is 2. The molecule has 62 heavy (non-hydrogen) atoms. The number of aryl methyl sites for hydroxylation is 4. The molecule has 0 heterocycles. The minimum absolute atomic E-state index is 1.02. The lowest BCUT2D eigenvalue weighted by Crippen LogP contribution is -2.14. The SMILES string of the molecule is CCCCCCCCCCCCCCCCCCCCCCCCCCCCCCC(=Nc1cc(CC)cc(CC)c1)C(CCCCCCCC)=Nc1cc(CC)cc(CC)c1. The molecule has 0 aliphatic heterocycles. The van der Waals surface area contributed by atoms with E-state index in [0.29, 0.717) is 0 Å². The Morgan fingerprint density at radius 2 is 0.452 bits per heavy atom. The van der Waals surface area contributed by atoms with Crippen LogP contribution in [0.2, 0.25) is 0 Å². The molecule has 0 aromatic heterocycles. The zero-order valence-electron chi connectivity index (χ0n) is 42.6. The van der Waals surface area contributed by atoms with Gasteiger partial charge in [-0.25, -0.2) is 0 Å². The smallest absolute Gasteiger partial charge is 0.0639 e. The lowest BCUT2D eigenvalue weighted by molar-refractivity contribution is 0.514. The fraction of sp³-hybridized carbons (Fsp3) is 0.767. The van der Waals surface area contributed by atoms with E-state index in [1.807, 2.05) is 0 Å². The van der Waals surface area contributed by atoms with Crippen molar-refractivity contribution >= 4 is 22.8 Å². The molecule has 0 spiro atoms. The largest absolute Gasteiger partial charge is 0.252 e. The van der Waals surface area contributed by atoms with Crippen LogP contribution in [0.3, 0.4) is 0 Å². The fourth-order valence-electron chi connectivity index (χ4n) is 9.31. The predicted molar refractivity (Wildman–Crippen MR) is 282 cm³/mol. The van der Waals surface area contributed by atoms with Crippen LogP contribution in [0.15, 0.2) is 46.4 Å². The first-order chi connectivity index (χ1) is 30.6. The minimum atomic E-state index is 1.02. The lowest BCUT2D eigenvalue weighted by Gasteiger charge is -2.14. The van der Waals surface area contributed by atoms with Crippen LogP contribution in [0, 0.1) is 0 Å². The molecule has 354 valence electrons. The van der Waals surface area contributed by atoms with E-state index in [4.69, 9.17) is 9.98 Å². The molecule has 0 aliphatic rings. The lowest BCUT2D eigenvalue weighted by atomic mass is 9.99. The van der Waals surface area contributed by atoms with Crippen molar-refractivity contribution in [1.29, 1.82) is 0 Å². The Labute approximate surface area is 388 Å². The van der Waals surface area contributed by atoms with Crippen LogP contribution in [-0.2, 0) is 25.7 Å². The van der Waals surface area contributed by atoms with Gasteiger partial charge in [0.1, 0.15) is 0 Å². The highest BCUT2D eigenvalue weighted by atomic mass is 14.8. The van der Waals surface area contributed by atoms with E-state index in [1.54, 1.807) is 0 Å². The average molecular weight is 854 g/mol. The van der Waals surface area contributed by atoms with Crippen LogP contribution in [0.5, 0.6) is 0 Å². The van der Waals surface area contributed by atoms with Crippen molar-refractivity contribution in [2.75, 3.05) is 0 Å². The summed E-state index contributed by atoms with van der Waals surface area (Å²) in [6, 6.07) is 14.1. The molecular weight excluding hydrogens is 749 g/mol. The first kappa shape index (κ1) is 55.9. The van der Waals surface area contributed by atoms with Crippen molar-refractivity contribution in [3.8, 4) is 0 Å². The number of hydrogen-bond acceptors (Lipinski definition) is 2. The van der Waals surface area contributed by atoms with Crippen LogP contribution in [0.25, 0.3) is 0 Å². The predicted octanol–water partition coefficient (Wildman–Crippen LogP) is 20.9. The normalized spacial score (nSPS) is 12.2. The van der Waals surface area contributed by atoms with Crippen molar-refractivity contribution in [2.24, 2.45) is 9.98 Å². The molecule has 2 rings (SSSR count). The second kappa shape index (κ2) is 40.3. The van der Waals surface area contributed by atoms with Crippen LogP contribution in [0.1, 0.15) is 295 Å². The quantitative estimate of drug-likeness (QED) is 0.0469. The topological polar surface area (TPSA) is 24.7 Å². The maximum atomic E-state index is 5.51. The van der Waals surface area contributed by atoms with E-state index in [0.717, 1.165) is 49.9 Å². The second-order valence-corrected chi connectivity index (χ2v) is 19.4. The van der Waals surface area contributed by atoms with E-state index < -0.39 is 0 Å². The summed E-state index contributed by atoms with van der Waals surface area (Å²) in [4.78, 5) is 11.0. The minimum Gasteiger partial charge on any atom is -0.252 e. The maximum Gasteiger partial charge on any atom is 0.0639 e. The van der Waals surface area contributed by atoms with Gasteiger partial charge in [0.15, 0.2) is 0 Å². The van der Waals surface area contributed by atoms with Crippen molar-refractivity contribution in [3.05, 3.63) is 58.7 Å². The molecule has 2 aromatic rings. The van der Waals surface area contributed by atoms with Gasteiger partial charge in [-0.05, 0) is 97.9 Å². The highest BCUT2D eigenvalue weighted by Crippen LogP contribution is 2.25. The summed E-state index contributed by atoms with van der Waals surface area (Å²) in [5.74, 6) is 0. The first-order valence-electron chi connectivity index (χ1n) is 28.0. The Morgan fingerprint density at radius 3 is 0.645 bits per heavy atom. The van der Waals surface area contributed by atoms with Gasteiger partial charge < -0.3 is 0 Å². The van der Waals surface area contributed by atoms with Gasteiger partial charge in [-0.15, -0.1) is 0 Å². The maximum absolute atomic E-state index is 5.51. The monoisotopic (exact) mass is 853 g/mol. The molecule has 0 radical (unpaired) electrons. The number of nitrogens with zero attached hydrogens (tertiary/aromatic N) is 2. The first-order valence-corrected chi connectivity index (χ1v) is 28.0. The van der Waals surface area contributed by atoms with E-state index in [2.05, 4.69) is 77.9 Å². The summed E-state index contributed by atoms with van der Waals surface area (Å²) < 4.78 is 0. The standard InChI is InChI=1S/C60H104N2/c1-7-13-15-17-19-20-21-22-23-24-25-26-27-28-29-30-31-32-33-34-35-36-37-38-39-40-42-44-46-60(62-58-51-55(11-5)48-56(12-6)52-58)59(45-43-41-18-16-14-8-2)61-57-49-53(9-3)47-54(10-4)50-57/h47-52H,7-46H2,1-6H3. The van der Waals surface area contributed by atoms with Crippen LogP contribution in [-0.4, -0.2) is 11.4 Å². The van der Waals surface area contributed by atoms with E-state index in [9.17, 15) is 0 Å². The van der Waals surface area contributed by atoms with Gasteiger partial charge >= 0.3 is 0 Å². The van der Waals surface area contributed by atoms with E-state index in [1.165, 1.54) is 252 Å². The zero-order chi connectivity index (χ0) is 44.6. The molecule has 0 unspecified atom stereocenters. The third kappa shape index (κ3) is 29.3. The summed E-state index contributed by atoms with van der Waals surface area (Å²) in [6.45, 7) is 13.7. The van der Waals surface area contributed by atoms with Gasteiger partial charge in [0.2, 0.25) is 0 Å². The van der Waals surface area contributed by atoms with Crippen molar-refractivity contribution in [2.45, 2.75) is 298 Å². The van der Waals surface area contributed by atoms with E-state index in [-0.39, 0.29) is 0 Å². The van der Waals surface area contributed by atoms with Crippen LogP contribution < -0.4 is 0 Å². The molecule has 0 aliphatic carbocycles. The summed E-state index contributed by atoms with van der Waals surface area (Å²) in [5, 5.41) is 0. The molecule has 0 saturated carbocycles. The molecular formula is C60H104N2. The molecule has 0 N–H and O–H groups in total. The van der Waals surface area contributed by atoms with Gasteiger partial charge in [-0.3, -0.25) is 9.98 Å². The van der Waals surface area contributed by atoms with Crippen LogP contribution in [0.4, 0.5) is 11.4 Å². The van der Waals surface area contributed by atoms with Crippen LogP contribution >= 0.6 is 0 Å². The number of hydrogen-bond donors (Lipinski definition) is 0. The number of rotatable bonds is 43. The van der Waals surface area contributed by atoms with Gasteiger partial charge in [-0.1, -0.05) is 259 Å². The Hall–Kier alpha value is -2.22. The Bertz CT molecular complexity index is 1340. The van der Waals surface area contributed by atoms with Crippen molar-refractivity contribution < 1.29 is 0 Å². The molecule has 0 amide bonds. The van der Waals surface area contributed by atoms with E-state index >= 15 is 0 Å². The molecule has 2 aromatic carbocycles. The molecule has 0 atom stereocenters. The molecule has 0 bridgehead atoms. The fourth-order valence-corrected chi connectivity index (χ4v) is 9.31. The Kier molecular flexibility index (Phi) is 36.3. The molecule has 0 fully saturated rings. The molecule has 2 heteroatoms. The Morgan fingerprint density at radius 1 is 0.258 bits per heavy atom. The second-order valence-electron chi connectivity index (χ2n) is 19.4. The van der Waals surface area contributed by atoms with Gasteiger partial charge in [-0.2, -0.15) is 0 Å². The summed E-state index contributed by atoms with van der Waals surface area (Å²) >= 11 is 0. The summed E-state index contributed by atoms with van der Waals surface area (Å²) in [7, 11) is 0. The highest BCUT2D eigenvalue weighted by molar-refractivity contribution is 6.43. The Balaban J connectivity index is 1.71.